The number of imidazole rings is 1. The summed E-state index contributed by atoms with van der Waals surface area (Å²) in [6, 6.07) is 0. The van der Waals surface area contributed by atoms with Gasteiger partial charge >= 0.3 is 0 Å². The number of aryl methyl sites for hydroxylation is 1. The van der Waals surface area contributed by atoms with Crippen LogP contribution in [-0.4, -0.2) is 19.2 Å². The van der Waals surface area contributed by atoms with Crippen molar-refractivity contribution in [1.82, 2.24) is 19.2 Å². The van der Waals surface area contributed by atoms with Gasteiger partial charge in [0.1, 0.15) is 5.03 Å². The van der Waals surface area contributed by atoms with E-state index in [4.69, 9.17) is 5.73 Å². The van der Waals surface area contributed by atoms with Gasteiger partial charge in [-0.05, 0) is 0 Å². The quantitative estimate of drug-likeness (QED) is 0.783. The molecule has 0 bridgehead atoms. The zero-order chi connectivity index (χ0) is 11.8. The Morgan fingerprint density at radius 3 is 3.12 bits per heavy atom. The molecule has 0 fully saturated rings. The summed E-state index contributed by atoms with van der Waals surface area (Å²) in [6.45, 7) is 0.487. The van der Waals surface area contributed by atoms with Gasteiger partial charge in [-0.25, -0.2) is 4.98 Å². The molecule has 0 atom stereocenters. The molecule has 3 heterocycles. The molecular weight excluding hydrogens is 254 g/mol. The van der Waals surface area contributed by atoms with Crippen molar-refractivity contribution in [2.45, 2.75) is 16.5 Å². The lowest BCUT2D eigenvalue weighted by molar-refractivity contribution is 0.766. The van der Waals surface area contributed by atoms with Crippen molar-refractivity contribution in [3.8, 4) is 0 Å². The SMILES string of the molecule is Cn1cc(Sc2nc3sccn3c2CN)cn1. The second-order valence-corrected chi connectivity index (χ2v) is 5.51. The first-order valence-electron chi connectivity index (χ1n) is 5.09. The Kier molecular flexibility index (Phi) is 2.65. The minimum absolute atomic E-state index is 0.487. The normalized spacial score (nSPS) is 11.4. The van der Waals surface area contributed by atoms with Gasteiger partial charge in [0.05, 0.1) is 16.8 Å². The average Bonchev–Trinajstić information content (AvgIpc) is 2.95. The molecule has 0 radical (unpaired) electrons. The second-order valence-electron chi connectivity index (χ2n) is 3.58. The molecule has 3 rings (SSSR count). The van der Waals surface area contributed by atoms with Crippen LogP contribution in [0, 0.1) is 0 Å². The summed E-state index contributed by atoms with van der Waals surface area (Å²) in [5.41, 5.74) is 6.84. The minimum atomic E-state index is 0.487. The van der Waals surface area contributed by atoms with Crippen LogP contribution in [0.3, 0.4) is 0 Å². The number of fused-ring (bicyclic) bond motifs is 1. The standard InChI is InChI=1S/C10H11N5S2/c1-14-6-7(5-12-14)17-9-8(4-11)15-2-3-16-10(15)13-9/h2-3,5-6H,4,11H2,1H3. The summed E-state index contributed by atoms with van der Waals surface area (Å²) in [5, 5.41) is 7.12. The van der Waals surface area contributed by atoms with E-state index in [-0.39, 0.29) is 0 Å². The van der Waals surface area contributed by atoms with E-state index in [1.165, 1.54) is 0 Å². The van der Waals surface area contributed by atoms with Gasteiger partial charge in [-0.2, -0.15) is 5.10 Å². The highest BCUT2D eigenvalue weighted by Crippen LogP contribution is 2.31. The van der Waals surface area contributed by atoms with Crippen LogP contribution in [0.2, 0.25) is 0 Å². The summed E-state index contributed by atoms with van der Waals surface area (Å²) < 4.78 is 3.83. The van der Waals surface area contributed by atoms with Crippen molar-refractivity contribution in [2.75, 3.05) is 0 Å². The molecule has 17 heavy (non-hydrogen) atoms. The number of nitrogens with zero attached hydrogens (tertiary/aromatic N) is 4. The molecule has 7 heteroatoms. The Morgan fingerprint density at radius 1 is 1.53 bits per heavy atom. The van der Waals surface area contributed by atoms with Crippen LogP contribution >= 0.6 is 23.1 Å². The Hall–Kier alpha value is -1.31. The van der Waals surface area contributed by atoms with Gasteiger partial charge in [0.2, 0.25) is 0 Å². The molecule has 3 aromatic heterocycles. The number of nitrogens with two attached hydrogens (primary N) is 1. The van der Waals surface area contributed by atoms with E-state index in [9.17, 15) is 0 Å². The molecule has 0 saturated carbocycles. The maximum Gasteiger partial charge on any atom is 0.194 e. The highest BCUT2D eigenvalue weighted by Gasteiger charge is 2.13. The zero-order valence-corrected chi connectivity index (χ0v) is 10.8. The smallest absolute Gasteiger partial charge is 0.194 e. The third-order valence-electron chi connectivity index (χ3n) is 2.41. The van der Waals surface area contributed by atoms with Crippen molar-refractivity contribution in [3.05, 3.63) is 29.7 Å². The molecule has 5 nitrogen and oxygen atoms in total. The van der Waals surface area contributed by atoms with E-state index < -0.39 is 0 Å². The van der Waals surface area contributed by atoms with Crippen molar-refractivity contribution < 1.29 is 0 Å². The molecule has 2 N–H and O–H groups in total. The van der Waals surface area contributed by atoms with Gasteiger partial charge < -0.3 is 5.73 Å². The molecule has 3 aromatic rings. The first kappa shape index (κ1) is 10.8. The average molecular weight is 265 g/mol. The van der Waals surface area contributed by atoms with Crippen molar-refractivity contribution in [3.63, 3.8) is 0 Å². The molecule has 0 aliphatic carbocycles. The largest absolute Gasteiger partial charge is 0.325 e. The van der Waals surface area contributed by atoms with Crippen LogP contribution in [0.1, 0.15) is 5.69 Å². The lowest BCUT2D eigenvalue weighted by Crippen LogP contribution is -2.00. The summed E-state index contributed by atoms with van der Waals surface area (Å²) >= 11 is 3.22. The van der Waals surface area contributed by atoms with Gasteiger partial charge in [-0.1, -0.05) is 11.8 Å². The Bertz CT molecular complexity index is 651. The summed E-state index contributed by atoms with van der Waals surface area (Å²) in [7, 11) is 1.90. The van der Waals surface area contributed by atoms with E-state index >= 15 is 0 Å². The van der Waals surface area contributed by atoms with Crippen LogP contribution in [0.25, 0.3) is 4.96 Å². The molecule has 0 aliphatic heterocycles. The molecule has 0 unspecified atom stereocenters. The highest BCUT2D eigenvalue weighted by molar-refractivity contribution is 7.99. The third-order valence-corrected chi connectivity index (χ3v) is 4.14. The first-order chi connectivity index (χ1) is 8.28. The predicted octanol–water partition coefficient (Wildman–Crippen LogP) is 1.74. The van der Waals surface area contributed by atoms with Crippen molar-refractivity contribution in [1.29, 1.82) is 0 Å². The van der Waals surface area contributed by atoms with E-state index in [1.807, 2.05) is 35.4 Å². The maximum absolute atomic E-state index is 5.79. The minimum Gasteiger partial charge on any atom is -0.325 e. The summed E-state index contributed by atoms with van der Waals surface area (Å²) in [6.07, 6.45) is 5.80. The summed E-state index contributed by atoms with van der Waals surface area (Å²) in [5.74, 6) is 0. The predicted molar refractivity (Wildman–Crippen MR) is 68.3 cm³/mol. The van der Waals surface area contributed by atoms with Crippen LogP contribution in [0.4, 0.5) is 0 Å². The highest BCUT2D eigenvalue weighted by atomic mass is 32.2. The lowest BCUT2D eigenvalue weighted by atomic mass is 10.5. The maximum atomic E-state index is 5.79. The van der Waals surface area contributed by atoms with Gasteiger partial charge in [0.15, 0.2) is 4.96 Å². The monoisotopic (exact) mass is 265 g/mol. The third kappa shape index (κ3) is 1.86. The summed E-state index contributed by atoms with van der Waals surface area (Å²) in [4.78, 5) is 6.64. The number of hydrogen-bond acceptors (Lipinski definition) is 5. The van der Waals surface area contributed by atoms with Gasteiger partial charge in [-0.3, -0.25) is 9.08 Å². The fourth-order valence-corrected chi connectivity index (χ4v) is 3.39. The Morgan fingerprint density at radius 2 is 2.41 bits per heavy atom. The van der Waals surface area contributed by atoms with E-state index in [2.05, 4.69) is 10.1 Å². The molecule has 0 aromatic carbocycles. The van der Waals surface area contributed by atoms with Gasteiger partial charge in [-0.15, -0.1) is 11.3 Å². The van der Waals surface area contributed by atoms with Crippen LogP contribution in [0.15, 0.2) is 33.9 Å². The van der Waals surface area contributed by atoms with Gasteiger partial charge in [0.25, 0.3) is 0 Å². The molecule has 0 spiro atoms. The second kappa shape index (κ2) is 4.17. The molecule has 0 saturated heterocycles. The van der Waals surface area contributed by atoms with E-state index in [1.54, 1.807) is 27.8 Å². The van der Waals surface area contributed by atoms with E-state index in [0.29, 0.717) is 6.54 Å². The van der Waals surface area contributed by atoms with Crippen LogP contribution < -0.4 is 5.73 Å². The Balaban J connectivity index is 2.01. The molecule has 0 aliphatic rings. The topological polar surface area (TPSA) is 61.1 Å². The number of thiazole rings is 1. The molecule has 0 amide bonds. The van der Waals surface area contributed by atoms with E-state index in [0.717, 1.165) is 20.6 Å². The fourth-order valence-electron chi connectivity index (χ4n) is 1.64. The van der Waals surface area contributed by atoms with Crippen LogP contribution in [0.5, 0.6) is 0 Å². The lowest BCUT2D eigenvalue weighted by Gasteiger charge is -1.98. The Labute approximate surface area is 106 Å². The van der Waals surface area contributed by atoms with Crippen LogP contribution in [-0.2, 0) is 13.6 Å². The fraction of sp³-hybridized carbons (Fsp3) is 0.200. The number of rotatable bonds is 3. The first-order valence-corrected chi connectivity index (χ1v) is 6.78. The van der Waals surface area contributed by atoms with Gasteiger partial charge in [0, 0.05) is 31.4 Å². The zero-order valence-electron chi connectivity index (χ0n) is 9.20. The number of hydrogen-bond donors (Lipinski definition) is 1. The molecule has 88 valence electrons. The van der Waals surface area contributed by atoms with Crippen molar-refractivity contribution >= 4 is 28.1 Å². The number of aromatic nitrogens is 4. The van der Waals surface area contributed by atoms with Crippen molar-refractivity contribution in [2.24, 2.45) is 12.8 Å². The molecular formula is C10H11N5S2.